The van der Waals surface area contributed by atoms with E-state index in [4.69, 9.17) is 0 Å². The van der Waals surface area contributed by atoms with Crippen molar-refractivity contribution in [3.8, 4) is 0 Å². The Hall–Kier alpha value is -3.39. The second-order valence-electron chi connectivity index (χ2n) is 7.43. The van der Waals surface area contributed by atoms with Crippen LogP contribution in [-0.2, 0) is 12.5 Å². The van der Waals surface area contributed by atoms with Gasteiger partial charge in [-0.3, -0.25) is 0 Å². The topological polar surface area (TPSA) is 67.2 Å². The van der Waals surface area contributed by atoms with Crippen LogP contribution in [0.4, 0.5) is 20.4 Å². The van der Waals surface area contributed by atoms with Gasteiger partial charge in [-0.2, -0.15) is 0 Å². The highest BCUT2D eigenvalue weighted by Gasteiger charge is 2.27. The number of carboxylic acid groups (broad SMARTS) is 1. The molecule has 0 unspecified atom stereocenters. The Kier molecular flexibility index (Phi) is 5.88. The summed E-state index contributed by atoms with van der Waals surface area (Å²) < 4.78 is 30.2. The molecule has 0 spiro atoms. The molecule has 1 heterocycles. The second kappa shape index (κ2) is 8.63. The van der Waals surface area contributed by atoms with Gasteiger partial charge < -0.3 is 15.0 Å². The van der Waals surface area contributed by atoms with E-state index in [1.165, 1.54) is 18.2 Å². The minimum absolute atomic E-state index is 0.0562. The van der Waals surface area contributed by atoms with Gasteiger partial charge in [0.25, 0.3) is 5.92 Å². The number of hydrogen-bond acceptors (Lipinski definition) is 4. The van der Waals surface area contributed by atoms with Crippen LogP contribution in [0.3, 0.4) is 0 Å². The molecule has 5 nitrogen and oxygen atoms in total. The molecular formula is C24H21F2N3O2S. The molecule has 4 aromatic rings. The highest BCUT2D eigenvalue weighted by Crippen LogP contribution is 2.32. The van der Waals surface area contributed by atoms with Crippen molar-refractivity contribution in [1.82, 2.24) is 9.55 Å². The lowest BCUT2D eigenvalue weighted by atomic mass is 10.0. The van der Waals surface area contributed by atoms with Gasteiger partial charge in [0, 0.05) is 23.1 Å². The fourth-order valence-electron chi connectivity index (χ4n) is 3.58. The van der Waals surface area contributed by atoms with Crippen molar-refractivity contribution in [1.29, 1.82) is 0 Å². The fraction of sp³-hybridized carbons (Fsp3) is 0.167. The largest absolute Gasteiger partial charge is 0.478 e. The molecule has 0 atom stereocenters. The van der Waals surface area contributed by atoms with Crippen LogP contribution in [0.15, 0.2) is 71.6 Å². The van der Waals surface area contributed by atoms with Crippen LogP contribution in [0.25, 0.3) is 11.0 Å². The lowest BCUT2D eigenvalue weighted by Gasteiger charge is -2.18. The smallest absolute Gasteiger partial charge is 0.335 e. The Morgan fingerprint density at radius 2 is 1.84 bits per heavy atom. The van der Waals surface area contributed by atoms with E-state index in [0.29, 0.717) is 22.5 Å². The van der Waals surface area contributed by atoms with Gasteiger partial charge in [-0.25, -0.2) is 18.6 Å². The molecule has 0 bridgehead atoms. The van der Waals surface area contributed by atoms with Crippen molar-refractivity contribution in [2.75, 3.05) is 11.6 Å². The summed E-state index contributed by atoms with van der Waals surface area (Å²) in [5.41, 5.74) is 2.41. The number of benzene rings is 3. The normalized spacial score (nSPS) is 11.6. The molecule has 0 fully saturated rings. The van der Waals surface area contributed by atoms with Gasteiger partial charge >= 0.3 is 5.97 Å². The van der Waals surface area contributed by atoms with E-state index in [0.717, 1.165) is 17.5 Å². The number of halogens is 2. The number of thioether (sulfide) groups is 1. The zero-order valence-corrected chi connectivity index (χ0v) is 18.3. The van der Waals surface area contributed by atoms with Crippen molar-refractivity contribution in [2.45, 2.75) is 24.3 Å². The van der Waals surface area contributed by atoms with E-state index < -0.39 is 11.9 Å². The zero-order chi connectivity index (χ0) is 22.9. The number of nitrogens with one attached hydrogen (secondary N) is 1. The Bertz CT molecular complexity index is 1280. The molecule has 0 amide bonds. The predicted octanol–water partition coefficient (Wildman–Crippen LogP) is 6.36. The van der Waals surface area contributed by atoms with Crippen LogP contribution in [0.5, 0.6) is 0 Å². The van der Waals surface area contributed by atoms with E-state index >= 15 is 0 Å². The van der Waals surface area contributed by atoms with Gasteiger partial charge in [-0.15, -0.1) is 11.8 Å². The van der Waals surface area contributed by atoms with Gasteiger partial charge in [-0.05, 0) is 54.3 Å². The molecule has 0 aliphatic rings. The number of carbonyl (C=O) groups is 1. The molecule has 32 heavy (non-hydrogen) atoms. The average molecular weight is 454 g/mol. The Labute approximate surface area is 188 Å². The van der Waals surface area contributed by atoms with E-state index in [-0.39, 0.29) is 17.7 Å². The minimum Gasteiger partial charge on any atom is -0.478 e. The Morgan fingerprint density at radius 3 is 2.50 bits per heavy atom. The maximum atomic E-state index is 14.2. The number of carboxylic acids is 1. The molecule has 0 radical (unpaired) electrons. The summed E-state index contributed by atoms with van der Waals surface area (Å²) in [6.07, 6.45) is 1.99. The van der Waals surface area contributed by atoms with E-state index in [2.05, 4.69) is 10.3 Å². The quantitative estimate of drug-likeness (QED) is 0.319. The summed E-state index contributed by atoms with van der Waals surface area (Å²) in [6, 6.07) is 18.8. The average Bonchev–Trinajstić information content (AvgIpc) is 3.10. The molecule has 0 saturated heterocycles. The first-order valence-electron chi connectivity index (χ1n) is 9.87. The molecule has 3 aromatic carbocycles. The lowest BCUT2D eigenvalue weighted by molar-refractivity contribution is 0.0164. The molecule has 0 aliphatic carbocycles. The number of anilines is 2. The van der Waals surface area contributed by atoms with Gasteiger partial charge in [0.1, 0.15) is 0 Å². The number of aromatic carboxylic acids is 1. The number of hydrogen-bond donors (Lipinski definition) is 2. The molecule has 164 valence electrons. The summed E-state index contributed by atoms with van der Waals surface area (Å²) in [5.74, 6) is -3.61. The van der Waals surface area contributed by atoms with Crippen molar-refractivity contribution in [3.05, 3.63) is 83.4 Å². The summed E-state index contributed by atoms with van der Waals surface area (Å²) in [5, 5.41) is 12.6. The van der Waals surface area contributed by atoms with Gasteiger partial charge in [-0.1, -0.05) is 24.3 Å². The van der Waals surface area contributed by atoms with Gasteiger partial charge in [0.15, 0.2) is 0 Å². The van der Waals surface area contributed by atoms with Crippen LogP contribution in [0.2, 0.25) is 0 Å². The van der Waals surface area contributed by atoms with Crippen LogP contribution in [-0.4, -0.2) is 26.9 Å². The van der Waals surface area contributed by atoms with Crippen LogP contribution in [0.1, 0.15) is 28.4 Å². The third kappa shape index (κ3) is 4.45. The van der Waals surface area contributed by atoms with Crippen molar-refractivity contribution >= 4 is 40.4 Å². The third-order valence-electron chi connectivity index (χ3n) is 5.16. The van der Waals surface area contributed by atoms with Crippen LogP contribution >= 0.6 is 11.8 Å². The van der Waals surface area contributed by atoms with Crippen molar-refractivity contribution in [3.63, 3.8) is 0 Å². The summed E-state index contributed by atoms with van der Waals surface area (Å²) >= 11 is 1.63. The monoisotopic (exact) mass is 453 g/mol. The molecular weight excluding hydrogens is 432 g/mol. The maximum absolute atomic E-state index is 14.2. The van der Waals surface area contributed by atoms with Crippen molar-refractivity contribution < 1.29 is 18.7 Å². The summed E-state index contributed by atoms with van der Waals surface area (Å²) in [7, 11) is 0. The highest BCUT2D eigenvalue weighted by atomic mass is 32.2. The van der Waals surface area contributed by atoms with Gasteiger partial charge in [0.05, 0.1) is 23.1 Å². The first-order chi connectivity index (χ1) is 15.3. The van der Waals surface area contributed by atoms with Gasteiger partial charge in [0.2, 0.25) is 5.95 Å². The Morgan fingerprint density at radius 1 is 1.12 bits per heavy atom. The number of alkyl halides is 2. The van der Waals surface area contributed by atoms with E-state index in [1.807, 2.05) is 30.5 Å². The summed E-state index contributed by atoms with van der Waals surface area (Å²) in [4.78, 5) is 17.1. The maximum Gasteiger partial charge on any atom is 0.335 e. The third-order valence-corrected chi connectivity index (χ3v) is 5.90. The standard InChI is InChI=1S/C24H21F2N3O2S/c1-24(25,26)19-6-4-3-5-16(19)14-29-21-12-7-15(22(30)31)13-20(21)28-23(29)27-17-8-10-18(32-2)11-9-17/h3-13H,14H2,1-2H3,(H,27,28)(H,30,31). The molecule has 0 aliphatic heterocycles. The minimum atomic E-state index is -3.00. The molecule has 1 aromatic heterocycles. The zero-order valence-electron chi connectivity index (χ0n) is 17.5. The number of fused-ring (bicyclic) bond motifs is 1. The van der Waals surface area contributed by atoms with Crippen LogP contribution < -0.4 is 5.32 Å². The first-order valence-corrected chi connectivity index (χ1v) is 11.1. The van der Waals surface area contributed by atoms with E-state index in [1.54, 1.807) is 40.6 Å². The summed E-state index contributed by atoms with van der Waals surface area (Å²) in [6.45, 7) is 1.02. The SMILES string of the molecule is CSc1ccc(Nc2nc3cc(C(=O)O)ccc3n2Cc2ccccc2C(C)(F)F)cc1. The number of rotatable bonds is 7. The van der Waals surface area contributed by atoms with Crippen LogP contribution in [0, 0.1) is 0 Å². The molecule has 0 saturated carbocycles. The number of imidazole rings is 1. The number of aromatic nitrogens is 2. The first kappa shape index (κ1) is 21.8. The Balaban J connectivity index is 1.82. The second-order valence-corrected chi connectivity index (χ2v) is 8.31. The van der Waals surface area contributed by atoms with Crippen molar-refractivity contribution in [2.24, 2.45) is 0 Å². The molecule has 2 N–H and O–H groups in total. The number of nitrogens with zero attached hydrogens (tertiary/aromatic N) is 2. The highest BCUT2D eigenvalue weighted by molar-refractivity contribution is 7.98. The molecule has 4 rings (SSSR count). The molecule has 8 heteroatoms. The predicted molar refractivity (Wildman–Crippen MR) is 123 cm³/mol. The fourth-order valence-corrected chi connectivity index (χ4v) is 3.99. The van der Waals surface area contributed by atoms with E-state index in [9.17, 15) is 18.7 Å². The lowest BCUT2D eigenvalue weighted by Crippen LogP contribution is -2.14.